The van der Waals surface area contributed by atoms with Crippen LogP contribution >= 0.6 is 19.2 Å². The predicted octanol–water partition coefficient (Wildman–Crippen LogP) is 0.955. The summed E-state index contributed by atoms with van der Waals surface area (Å²) in [4.78, 5) is 37.9. The molecule has 0 spiro atoms. The first-order valence-electron chi connectivity index (χ1n) is 6.74. The van der Waals surface area contributed by atoms with Gasteiger partial charge in [-0.2, -0.15) is 4.57 Å². The van der Waals surface area contributed by atoms with Gasteiger partial charge in [0.25, 0.3) is 5.69 Å². The van der Waals surface area contributed by atoms with E-state index in [9.17, 15) is 9.36 Å². The molecule has 10 heteroatoms. The zero-order valence-corrected chi connectivity index (χ0v) is 14.4. The standard InChI is InChI=1S/C13H16N3O5PS/c1-9-11(5-14-10(2)15-9)6-16-8-23-13(12(16)7-17)3-4-21-22(18,19)20/h5,7-8H,3-4,6H2,1-2H3,(H-,18,19,20)/p+1. The molecule has 2 N–H and O–H groups in total. The van der Waals surface area contributed by atoms with Crippen molar-refractivity contribution in [1.29, 1.82) is 0 Å². The second-order valence-corrected chi connectivity index (χ2v) is 7.06. The number of carbonyl (C=O) groups excluding carboxylic acids is 1. The number of phosphoric acid groups is 1. The predicted molar refractivity (Wildman–Crippen MR) is 82.2 cm³/mol. The van der Waals surface area contributed by atoms with Gasteiger partial charge in [0.1, 0.15) is 5.82 Å². The highest BCUT2D eigenvalue weighted by molar-refractivity contribution is 7.46. The normalized spacial score (nSPS) is 11.7. The smallest absolute Gasteiger partial charge is 0.303 e. The molecule has 2 aromatic heterocycles. The molecule has 0 aliphatic carbocycles. The summed E-state index contributed by atoms with van der Waals surface area (Å²) in [6.07, 6.45) is 2.71. The van der Waals surface area contributed by atoms with Crippen molar-refractivity contribution in [3.05, 3.63) is 39.4 Å². The maximum atomic E-state index is 11.4. The van der Waals surface area contributed by atoms with Crippen LogP contribution in [0.1, 0.15) is 32.4 Å². The van der Waals surface area contributed by atoms with Crippen LogP contribution in [0.4, 0.5) is 0 Å². The molecule has 0 unspecified atom stereocenters. The number of thiazole rings is 1. The molecule has 0 saturated heterocycles. The van der Waals surface area contributed by atoms with Crippen LogP contribution in [0.25, 0.3) is 0 Å². The number of hydrogen-bond acceptors (Lipinski definition) is 6. The number of carbonyl (C=O) groups is 1. The Kier molecular flexibility index (Phi) is 5.72. The lowest BCUT2D eigenvalue weighted by Crippen LogP contribution is -2.37. The van der Waals surface area contributed by atoms with Crippen LogP contribution in [0.5, 0.6) is 0 Å². The summed E-state index contributed by atoms with van der Waals surface area (Å²) in [5.41, 5.74) is 4.00. The first-order valence-corrected chi connectivity index (χ1v) is 9.15. The molecule has 2 aromatic rings. The van der Waals surface area contributed by atoms with Gasteiger partial charge in [-0.1, -0.05) is 11.3 Å². The van der Waals surface area contributed by atoms with E-state index < -0.39 is 7.82 Å². The van der Waals surface area contributed by atoms with Crippen LogP contribution in [-0.4, -0.2) is 32.6 Å². The molecule has 124 valence electrons. The van der Waals surface area contributed by atoms with Gasteiger partial charge in [-0.15, -0.1) is 0 Å². The SMILES string of the molecule is Cc1ncc(C[n+]2csc(CCOP(=O)(O)O)c2C=O)c(C)n1. The van der Waals surface area contributed by atoms with Crippen molar-refractivity contribution in [1.82, 2.24) is 9.97 Å². The maximum Gasteiger partial charge on any atom is 0.469 e. The first kappa shape index (κ1) is 17.8. The van der Waals surface area contributed by atoms with Gasteiger partial charge in [0.05, 0.1) is 22.7 Å². The molecular weight excluding hydrogens is 341 g/mol. The van der Waals surface area contributed by atoms with Crippen LogP contribution in [0.2, 0.25) is 0 Å². The van der Waals surface area contributed by atoms with E-state index in [0.717, 1.165) is 17.5 Å². The molecule has 8 nitrogen and oxygen atoms in total. The van der Waals surface area contributed by atoms with E-state index in [1.807, 2.05) is 13.8 Å². The number of nitrogens with zero attached hydrogens (tertiary/aromatic N) is 3. The third-order valence-electron chi connectivity index (χ3n) is 3.16. The molecule has 23 heavy (non-hydrogen) atoms. The van der Waals surface area contributed by atoms with E-state index >= 15 is 0 Å². The fourth-order valence-electron chi connectivity index (χ4n) is 2.05. The van der Waals surface area contributed by atoms with E-state index in [-0.39, 0.29) is 13.0 Å². The average Bonchev–Trinajstić information content (AvgIpc) is 2.82. The fraction of sp³-hybridized carbons (Fsp3) is 0.385. The largest absolute Gasteiger partial charge is 0.469 e. The van der Waals surface area contributed by atoms with E-state index in [1.54, 1.807) is 16.3 Å². The highest BCUT2D eigenvalue weighted by Gasteiger charge is 2.22. The van der Waals surface area contributed by atoms with Crippen LogP contribution in [-0.2, 0) is 22.1 Å². The molecule has 0 aliphatic rings. The van der Waals surface area contributed by atoms with Crippen molar-refractivity contribution in [2.24, 2.45) is 0 Å². The van der Waals surface area contributed by atoms with E-state index in [4.69, 9.17) is 9.79 Å². The Labute approximate surface area is 137 Å². The molecule has 0 amide bonds. The van der Waals surface area contributed by atoms with Crippen molar-refractivity contribution in [2.75, 3.05) is 6.61 Å². The summed E-state index contributed by atoms with van der Waals surface area (Å²) >= 11 is 1.34. The minimum Gasteiger partial charge on any atom is -0.303 e. The average molecular weight is 358 g/mol. The quantitative estimate of drug-likeness (QED) is 0.430. The van der Waals surface area contributed by atoms with Crippen molar-refractivity contribution in [2.45, 2.75) is 26.8 Å². The van der Waals surface area contributed by atoms with E-state index in [1.165, 1.54) is 11.3 Å². The molecule has 0 saturated carbocycles. The molecule has 2 heterocycles. The van der Waals surface area contributed by atoms with Gasteiger partial charge in [-0.3, -0.25) is 9.32 Å². The second-order valence-electron chi connectivity index (χ2n) is 4.88. The van der Waals surface area contributed by atoms with Gasteiger partial charge >= 0.3 is 7.82 Å². The molecule has 0 fully saturated rings. The van der Waals surface area contributed by atoms with Gasteiger partial charge in [0.15, 0.2) is 6.54 Å². The Morgan fingerprint density at radius 1 is 1.43 bits per heavy atom. The maximum absolute atomic E-state index is 11.4. The molecular formula is C13H17N3O5PS+. The highest BCUT2D eigenvalue weighted by atomic mass is 32.1. The number of rotatable bonds is 7. The van der Waals surface area contributed by atoms with Gasteiger partial charge in [0, 0.05) is 12.6 Å². The zero-order valence-electron chi connectivity index (χ0n) is 12.7. The number of aldehydes is 1. The molecule has 2 rings (SSSR count). The number of phosphoric ester groups is 1. The Bertz CT molecular complexity index is 758. The molecule has 0 atom stereocenters. The Balaban J connectivity index is 2.14. The lowest BCUT2D eigenvalue weighted by atomic mass is 10.2. The number of aryl methyl sites for hydroxylation is 2. The van der Waals surface area contributed by atoms with Crippen LogP contribution < -0.4 is 4.57 Å². The summed E-state index contributed by atoms with van der Waals surface area (Å²) < 4.78 is 16.9. The Morgan fingerprint density at radius 2 is 2.17 bits per heavy atom. The summed E-state index contributed by atoms with van der Waals surface area (Å²) in [7, 11) is -4.49. The number of aromatic nitrogens is 3. The minimum atomic E-state index is -4.49. The fourth-order valence-corrected chi connectivity index (χ4v) is 3.31. The van der Waals surface area contributed by atoms with Gasteiger partial charge in [-0.25, -0.2) is 14.5 Å². The monoisotopic (exact) mass is 358 g/mol. The highest BCUT2D eigenvalue weighted by Crippen LogP contribution is 2.35. The van der Waals surface area contributed by atoms with Crippen molar-refractivity contribution in [3.8, 4) is 0 Å². The van der Waals surface area contributed by atoms with Crippen molar-refractivity contribution < 1.29 is 28.2 Å². The van der Waals surface area contributed by atoms with E-state index in [2.05, 4.69) is 14.5 Å². The minimum absolute atomic E-state index is 0.154. The summed E-state index contributed by atoms with van der Waals surface area (Å²) in [5.74, 6) is 0.687. The third kappa shape index (κ3) is 4.98. The van der Waals surface area contributed by atoms with Gasteiger partial charge in [-0.05, 0) is 13.8 Å². The van der Waals surface area contributed by atoms with Crippen molar-refractivity contribution >= 4 is 25.4 Å². The molecule has 0 aromatic carbocycles. The van der Waals surface area contributed by atoms with Crippen LogP contribution in [0, 0.1) is 13.8 Å². The lowest BCUT2D eigenvalue weighted by Gasteiger charge is -2.03. The Hall–Kier alpha value is -1.51. The lowest BCUT2D eigenvalue weighted by molar-refractivity contribution is -0.685. The third-order valence-corrected chi connectivity index (χ3v) is 4.74. The molecule has 0 aliphatic heterocycles. The summed E-state index contributed by atoms with van der Waals surface area (Å²) in [6.45, 7) is 3.99. The Morgan fingerprint density at radius 3 is 2.78 bits per heavy atom. The number of hydrogen-bond donors (Lipinski definition) is 2. The van der Waals surface area contributed by atoms with Crippen LogP contribution in [0.15, 0.2) is 11.7 Å². The molecule has 0 radical (unpaired) electrons. The van der Waals surface area contributed by atoms with Crippen molar-refractivity contribution in [3.63, 3.8) is 0 Å². The zero-order chi connectivity index (χ0) is 17.0. The van der Waals surface area contributed by atoms with E-state index in [0.29, 0.717) is 22.9 Å². The summed E-state index contributed by atoms with van der Waals surface area (Å²) in [5, 5.41) is 0. The topological polar surface area (TPSA) is 113 Å². The first-order chi connectivity index (χ1) is 10.8. The van der Waals surface area contributed by atoms with Gasteiger partial charge < -0.3 is 9.79 Å². The van der Waals surface area contributed by atoms with Gasteiger partial charge in [0.2, 0.25) is 11.8 Å². The van der Waals surface area contributed by atoms with Crippen LogP contribution in [0.3, 0.4) is 0 Å². The summed E-state index contributed by atoms with van der Waals surface area (Å²) in [6, 6.07) is 0. The molecule has 0 bridgehead atoms. The second kappa shape index (κ2) is 7.37.